The third-order valence-corrected chi connectivity index (χ3v) is 4.64. The molecule has 9 heteroatoms. The summed E-state index contributed by atoms with van der Waals surface area (Å²) in [6, 6.07) is 9.97. The number of carbonyl (C=O) groups is 1. The molecule has 0 aliphatic rings. The number of hydrogen-bond acceptors (Lipinski definition) is 4. The van der Waals surface area contributed by atoms with Gasteiger partial charge in [0.05, 0.1) is 5.56 Å². The van der Waals surface area contributed by atoms with Crippen LogP contribution in [0.3, 0.4) is 0 Å². The minimum atomic E-state index is -0.215. The molecule has 0 aliphatic heterocycles. The Morgan fingerprint density at radius 3 is 2.50 bits per heavy atom. The van der Waals surface area contributed by atoms with Gasteiger partial charge in [0.2, 0.25) is 0 Å². The fourth-order valence-electron chi connectivity index (χ4n) is 2.18. The van der Waals surface area contributed by atoms with Gasteiger partial charge >= 0.3 is 0 Å². The topological polar surface area (TPSA) is 78.4 Å². The van der Waals surface area contributed by atoms with E-state index in [4.69, 9.17) is 0 Å². The molecule has 6 nitrogen and oxygen atoms in total. The fourth-order valence-corrected chi connectivity index (χ4v) is 3.03. The number of amides is 1. The van der Waals surface area contributed by atoms with Crippen LogP contribution in [0.4, 0.5) is 4.39 Å². The Hall–Kier alpha value is -1.88. The summed E-state index contributed by atoms with van der Waals surface area (Å²) in [6.07, 6.45) is 4.11. The van der Waals surface area contributed by atoms with E-state index < -0.39 is 0 Å². The zero-order chi connectivity index (χ0) is 19.3. The van der Waals surface area contributed by atoms with Crippen molar-refractivity contribution in [1.82, 2.24) is 20.9 Å². The number of aliphatic imine (C=N–C) groups is 1. The van der Waals surface area contributed by atoms with Gasteiger partial charge in [-0.1, -0.05) is 0 Å². The molecule has 0 saturated carbocycles. The zero-order valence-electron chi connectivity index (χ0n) is 15.7. The van der Waals surface area contributed by atoms with Crippen LogP contribution in [0.1, 0.15) is 16.8 Å². The first kappa shape index (κ1) is 24.2. The zero-order valence-corrected chi connectivity index (χ0v) is 18.8. The average Bonchev–Trinajstić information content (AvgIpc) is 2.71. The lowest BCUT2D eigenvalue weighted by Crippen LogP contribution is -2.41. The Bertz CT molecular complexity index is 731. The first-order valence-electron chi connectivity index (χ1n) is 8.70. The summed E-state index contributed by atoms with van der Waals surface area (Å²) in [5, 5.41) is 9.20. The molecule has 28 heavy (non-hydrogen) atoms. The number of guanidine groups is 1. The van der Waals surface area contributed by atoms with Crippen molar-refractivity contribution >= 4 is 47.6 Å². The van der Waals surface area contributed by atoms with Crippen LogP contribution in [0.5, 0.6) is 0 Å². The molecule has 0 bridgehead atoms. The highest BCUT2D eigenvalue weighted by atomic mass is 127. The van der Waals surface area contributed by atoms with Crippen molar-refractivity contribution in [2.75, 3.05) is 32.4 Å². The van der Waals surface area contributed by atoms with Crippen LogP contribution in [0.2, 0.25) is 0 Å². The fraction of sp³-hybridized carbons (Fsp3) is 0.316. The summed E-state index contributed by atoms with van der Waals surface area (Å²) in [6.45, 7) is 1.82. The van der Waals surface area contributed by atoms with Crippen molar-refractivity contribution in [3.05, 3.63) is 60.2 Å². The van der Waals surface area contributed by atoms with Gasteiger partial charge in [-0.3, -0.25) is 14.8 Å². The third kappa shape index (κ3) is 9.36. The molecule has 0 saturated heterocycles. The standard InChI is InChI=1S/C19H24FN5OS.HI/c1-21-19(24-10-3-13-27-17-7-5-16(20)6-8-17)25-12-11-23-18(26)15-4-2-9-22-14-15;/h2,4-9,14H,3,10-13H2,1H3,(H,23,26)(H2,21,24,25);1H. The predicted molar refractivity (Wildman–Crippen MR) is 123 cm³/mol. The molecule has 1 heterocycles. The maximum absolute atomic E-state index is 12.9. The third-order valence-electron chi connectivity index (χ3n) is 3.55. The van der Waals surface area contributed by atoms with E-state index in [0.717, 1.165) is 23.6 Å². The van der Waals surface area contributed by atoms with E-state index in [-0.39, 0.29) is 35.7 Å². The van der Waals surface area contributed by atoms with Gasteiger partial charge in [-0.15, -0.1) is 35.7 Å². The molecule has 3 N–H and O–H groups in total. The van der Waals surface area contributed by atoms with Gasteiger partial charge in [0.25, 0.3) is 5.91 Å². The van der Waals surface area contributed by atoms with E-state index in [0.29, 0.717) is 24.6 Å². The molecule has 152 valence electrons. The number of carbonyl (C=O) groups excluding carboxylic acids is 1. The molecule has 2 aromatic rings. The second kappa shape index (κ2) is 14.2. The van der Waals surface area contributed by atoms with Gasteiger partial charge in [-0.2, -0.15) is 0 Å². The van der Waals surface area contributed by atoms with Gasteiger partial charge in [-0.05, 0) is 48.6 Å². The number of nitrogens with zero attached hydrogens (tertiary/aromatic N) is 2. The van der Waals surface area contributed by atoms with E-state index in [1.807, 2.05) is 0 Å². The van der Waals surface area contributed by atoms with E-state index in [1.165, 1.54) is 18.3 Å². The maximum atomic E-state index is 12.9. The number of rotatable bonds is 9. The van der Waals surface area contributed by atoms with E-state index >= 15 is 0 Å². The molecule has 0 spiro atoms. The molecule has 0 radical (unpaired) electrons. The minimum absolute atomic E-state index is 0. The lowest BCUT2D eigenvalue weighted by atomic mass is 10.3. The lowest BCUT2D eigenvalue weighted by molar-refractivity contribution is 0.0954. The Morgan fingerprint density at radius 2 is 1.82 bits per heavy atom. The SMILES string of the molecule is CN=C(NCCCSc1ccc(F)cc1)NCCNC(=O)c1cccnc1.I. The van der Waals surface area contributed by atoms with Crippen molar-refractivity contribution in [3.8, 4) is 0 Å². The van der Waals surface area contributed by atoms with Crippen molar-refractivity contribution < 1.29 is 9.18 Å². The number of pyridine rings is 1. The highest BCUT2D eigenvalue weighted by Gasteiger charge is 2.04. The Balaban J connectivity index is 0.00000392. The lowest BCUT2D eigenvalue weighted by Gasteiger charge is -2.12. The van der Waals surface area contributed by atoms with Crippen molar-refractivity contribution in [3.63, 3.8) is 0 Å². The number of benzene rings is 1. The van der Waals surface area contributed by atoms with Crippen LogP contribution in [-0.2, 0) is 0 Å². The first-order valence-corrected chi connectivity index (χ1v) is 9.68. The second-order valence-electron chi connectivity index (χ2n) is 5.58. The smallest absolute Gasteiger partial charge is 0.252 e. The quantitative estimate of drug-likeness (QED) is 0.157. The molecule has 1 aromatic carbocycles. The monoisotopic (exact) mass is 517 g/mol. The largest absolute Gasteiger partial charge is 0.356 e. The van der Waals surface area contributed by atoms with Gasteiger partial charge in [0.1, 0.15) is 5.82 Å². The Labute approximate surface area is 186 Å². The van der Waals surface area contributed by atoms with Gasteiger partial charge < -0.3 is 16.0 Å². The highest BCUT2D eigenvalue weighted by molar-refractivity contribution is 14.0. The molecule has 0 atom stereocenters. The van der Waals surface area contributed by atoms with Gasteiger partial charge in [-0.25, -0.2) is 4.39 Å². The summed E-state index contributed by atoms with van der Waals surface area (Å²) in [4.78, 5) is 21.0. The molecule has 0 aliphatic carbocycles. The van der Waals surface area contributed by atoms with Crippen molar-refractivity contribution in [2.24, 2.45) is 4.99 Å². The normalized spacial score (nSPS) is 10.7. The van der Waals surface area contributed by atoms with Gasteiger partial charge in [0.15, 0.2) is 5.96 Å². The molecular formula is C19H25FIN5OS. The number of halogens is 2. The average molecular weight is 517 g/mol. The molecular weight excluding hydrogens is 492 g/mol. The number of nitrogens with one attached hydrogen (secondary N) is 3. The summed E-state index contributed by atoms with van der Waals surface area (Å²) in [5.74, 6) is 1.26. The van der Waals surface area contributed by atoms with Crippen LogP contribution < -0.4 is 16.0 Å². The van der Waals surface area contributed by atoms with E-state index in [2.05, 4.69) is 25.9 Å². The van der Waals surface area contributed by atoms with Crippen LogP contribution in [0.15, 0.2) is 58.7 Å². The van der Waals surface area contributed by atoms with Crippen LogP contribution in [0, 0.1) is 5.82 Å². The minimum Gasteiger partial charge on any atom is -0.356 e. The molecule has 1 amide bonds. The summed E-state index contributed by atoms with van der Waals surface area (Å²) < 4.78 is 12.9. The summed E-state index contributed by atoms with van der Waals surface area (Å²) in [5.41, 5.74) is 0.540. The van der Waals surface area contributed by atoms with Crippen LogP contribution in [0.25, 0.3) is 0 Å². The highest BCUT2D eigenvalue weighted by Crippen LogP contribution is 2.18. The predicted octanol–water partition coefficient (Wildman–Crippen LogP) is 2.92. The summed E-state index contributed by atoms with van der Waals surface area (Å²) in [7, 11) is 1.71. The molecule has 1 aromatic heterocycles. The Kier molecular flexibility index (Phi) is 12.2. The van der Waals surface area contributed by atoms with Crippen molar-refractivity contribution in [1.29, 1.82) is 0 Å². The van der Waals surface area contributed by atoms with E-state index in [1.54, 1.807) is 49.3 Å². The van der Waals surface area contributed by atoms with Gasteiger partial charge in [0, 0.05) is 44.0 Å². The van der Waals surface area contributed by atoms with Crippen LogP contribution >= 0.6 is 35.7 Å². The Morgan fingerprint density at radius 1 is 1.11 bits per heavy atom. The number of aromatic nitrogens is 1. The molecule has 2 rings (SSSR count). The summed E-state index contributed by atoms with van der Waals surface area (Å²) >= 11 is 1.69. The second-order valence-corrected chi connectivity index (χ2v) is 6.75. The molecule has 0 fully saturated rings. The van der Waals surface area contributed by atoms with E-state index in [9.17, 15) is 9.18 Å². The first-order chi connectivity index (χ1) is 13.2. The van der Waals surface area contributed by atoms with Crippen molar-refractivity contribution in [2.45, 2.75) is 11.3 Å². The maximum Gasteiger partial charge on any atom is 0.252 e. The number of thioether (sulfide) groups is 1. The van der Waals surface area contributed by atoms with Crippen LogP contribution in [-0.4, -0.2) is 49.3 Å². The molecule has 0 unspecified atom stereocenters. The number of hydrogen-bond donors (Lipinski definition) is 3.